The maximum absolute atomic E-state index is 13.8. The molecule has 0 saturated heterocycles. The van der Waals surface area contributed by atoms with E-state index in [1.54, 1.807) is 14.0 Å². The summed E-state index contributed by atoms with van der Waals surface area (Å²) in [5, 5.41) is 13.7. The van der Waals surface area contributed by atoms with Crippen LogP contribution in [0.4, 0.5) is 8.78 Å². The van der Waals surface area contributed by atoms with Gasteiger partial charge < -0.3 is 5.32 Å². The molecule has 2 rings (SSSR count). The van der Waals surface area contributed by atoms with Gasteiger partial charge in [-0.2, -0.15) is 4.68 Å². The summed E-state index contributed by atoms with van der Waals surface area (Å²) in [5.41, 5.74) is -0.291. The van der Waals surface area contributed by atoms with Crippen LogP contribution in [0.3, 0.4) is 0 Å². The number of benzene rings is 1. The number of tetrazole rings is 1. The van der Waals surface area contributed by atoms with Gasteiger partial charge in [0.05, 0.1) is 6.04 Å². The van der Waals surface area contributed by atoms with Crippen LogP contribution in [-0.4, -0.2) is 27.3 Å². The molecule has 1 heterocycles. The van der Waals surface area contributed by atoms with Gasteiger partial charge in [-0.25, -0.2) is 8.78 Å². The number of hydrogen-bond donors (Lipinski definition) is 1. The van der Waals surface area contributed by atoms with Gasteiger partial charge in [-0.3, -0.25) is 0 Å². The van der Waals surface area contributed by atoms with E-state index in [1.807, 2.05) is 0 Å². The van der Waals surface area contributed by atoms with Gasteiger partial charge in [0.1, 0.15) is 5.69 Å². The van der Waals surface area contributed by atoms with E-state index in [4.69, 9.17) is 0 Å². The molecule has 1 N–H and O–H groups in total. The highest BCUT2D eigenvalue weighted by Crippen LogP contribution is 2.24. The molecule has 0 spiro atoms. The van der Waals surface area contributed by atoms with E-state index in [-0.39, 0.29) is 11.7 Å². The molecular weight excluding hydrogens is 308 g/mol. The Hall–Kier alpha value is -1.41. The number of nitrogens with one attached hydrogen (secondary N) is 1. The SMILES string of the molecule is CNC(C)c1nnnn1-c1c(F)cc(Br)cc1F. The van der Waals surface area contributed by atoms with Crippen molar-refractivity contribution in [2.45, 2.75) is 13.0 Å². The van der Waals surface area contributed by atoms with E-state index in [1.165, 1.54) is 0 Å². The normalized spacial score (nSPS) is 12.7. The highest BCUT2D eigenvalue weighted by atomic mass is 79.9. The predicted octanol–water partition coefficient (Wildman–Crippen LogP) is 1.98. The fourth-order valence-corrected chi connectivity index (χ4v) is 1.89. The minimum atomic E-state index is -0.737. The second-order valence-corrected chi connectivity index (χ2v) is 4.59. The summed E-state index contributed by atoms with van der Waals surface area (Å²) in [4.78, 5) is 0. The average molecular weight is 318 g/mol. The summed E-state index contributed by atoms with van der Waals surface area (Å²) in [6.45, 7) is 1.79. The summed E-state index contributed by atoms with van der Waals surface area (Å²) >= 11 is 3.02. The van der Waals surface area contributed by atoms with Crippen LogP contribution < -0.4 is 5.32 Å². The third-order valence-electron chi connectivity index (χ3n) is 2.51. The van der Waals surface area contributed by atoms with Crippen LogP contribution in [0.5, 0.6) is 0 Å². The Morgan fingerprint density at radius 2 is 1.94 bits per heavy atom. The van der Waals surface area contributed by atoms with Crippen LogP contribution in [0.15, 0.2) is 16.6 Å². The molecule has 2 aromatic rings. The molecule has 0 radical (unpaired) electrons. The molecule has 1 atom stereocenters. The van der Waals surface area contributed by atoms with Crippen molar-refractivity contribution >= 4 is 15.9 Å². The average Bonchev–Trinajstić information content (AvgIpc) is 2.75. The first-order valence-corrected chi connectivity index (χ1v) is 5.94. The van der Waals surface area contributed by atoms with Gasteiger partial charge in [0.2, 0.25) is 0 Å². The fraction of sp³-hybridized carbons (Fsp3) is 0.300. The van der Waals surface area contributed by atoms with Crippen LogP contribution >= 0.6 is 15.9 Å². The lowest BCUT2D eigenvalue weighted by molar-refractivity contribution is 0.532. The largest absolute Gasteiger partial charge is 0.311 e. The van der Waals surface area contributed by atoms with Crippen LogP contribution in [0, 0.1) is 11.6 Å². The molecule has 0 amide bonds. The maximum atomic E-state index is 13.8. The molecule has 96 valence electrons. The zero-order valence-electron chi connectivity index (χ0n) is 9.65. The Labute approximate surface area is 110 Å². The van der Waals surface area contributed by atoms with Crippen molar-refractivity contribution in [3.8, 4) is 5.69 Å². The van der Waals surface area contributed by atoms with E-state index in [9.17, 15) is 8.78 Å². The van der Waals surface area contributed by atoms with Crippen molar-refractivity contribution in [1.29, 1.82) is 0 Å². The second kappa shape index (κ2) is 5.07. The molecule has 0 saturated carbocycles. The summed E-state index contributed by atoms with van der Waals surface area (Å²) < 4.78 is 29.0. The van der Waals surface area contributed by atoms with Gasteiger partial charge in [0, 0.05) is 4.47 Å². The van der Waals surface area contributed by atoms with Gasteiger partial charge in [-0.1, -0.05) is 15.9 Å². The van der Waals surface area contributed by atoms with Crippen LogP contribution in [-0.2, 0) is 0 Å². The molecule has 0 aliphatic carbocycles. The Kier molecular flexibility index (Phi) is 3.67. The third kappa shape index (κ3) is 2.25. The van der Waals surface area contributed by atoms with E-state index in [2.05, 4.69) is 36.8 Å². The number of nitrogens with zero attached hydrogens (tertiary/aromatic N) is 4. The first-order valence-electron chi connectivity index (χ1n) is 5.15. The highest BCUT2D eigenvalue weighted by Gasteiger charge is 2.20. The smallest absolute Gasteiger partial charge is 0.173 e. The Morgan fingerprint density at radius 1 is 1.33 bits per heavy atom. The first kappa shape index (κ1) is 13.0. The van der Waals surface area contributed by atoms with Gasteiger partial charge >= 0.3 is 0 Å². The van der Waals surface area contributed by atoms with Gasteiger partial charge in [-0.15, -0.1) is 5.10 Å². The Morgan fingerprint density at radius 3 is 2.50 bits per heavy atom. The van der Waals surface area contributed by atoms with E-state index in [0.717, 1.165) is 16.8 Å². The molecule has 1 unspecified atom stereocenters. The zero-order chi connectivity index (χ0) is 13.3. The van der Waals surface area contributed by atoms with Crippen molar-refractivity contribution in [3.05, 3.63) is 34.1 Å². The van der Waals surface area contributed by atoms with Crippen LogP contribution in [0.25, 0.3) is 5.69 Å². The molecule has 1 aromatic carbocycles. The number of rotatable bonds is 3. The van der Waals surface area contributed by atoms with Gasteiger partial charge in [0.15, 0.2) is 17.5 Å². The van der Waals surface area contributed by atoms with Crippen molar-refractivity contribution in [3.63, 3.8) is 0 Å². The first-order chi connectivity index (χ1) is 8.54. The molecular formula is C10H10BrF2N5. The molecule has 0 fully saturated rings. The lowest BCUT2D eigenvalue weighted by Crippen LogP contribution is -2.19. The summed E-state index contributed by atoms with van der Waals surface area (Å²) in [7, 11) is 1.71. The topological polar surface area (TPSA) is 55.6 Å². The molecule has 1 aromatic heterocycles. The van der Waals surface area contributed by atoms with Gasteiger partial charge in [-0.05, 0) is 36.5 Å². The molecule has 0 aliphatic heterocycles. The van der Waals surface area contributed by atoms with Crippen LogP contribution in [0.1, 0.15) is 18.8 Å². The molecule has 0 bridgehead atoms. The molecule has 18 heavy (non-hydrogen) atoms. The quantitative estimate of drug-likeness (QED) is 0.940. The Bertz CT molecular complexity index is 548. The van der Waals surface area contributed by atoms with Crippen molar-refractivity contribution in [2.75, 3.05) is 7.05 Å². The second-order valence-electron chi connectivity index (χ2n) is 3.68. The minimum absolute atomic E-state index is 0.234. The zero-order valence-corrected chi connectivity index (χ0v) is 11.2. The van der Waals surface area contributed by atoms with Crippen LogP contribution in [0.2, 0.25) is 0 Å². The number of hydrogen-bond acceptors (Lipinski definition) is 4. The summed E-state index contributed by atoms with van der Waals surface area (Å²) in [5.74, 6) is -1.14. The minimum Gasteiger partial charge on any atom is -0.311 e. The number of halogens is 3. The summed E-state index contributed by atoms with van der Waals surface area (Å²) in [6, 6.07) is 2.09. The van der Waals surface area contributed by atoms with E-state index < -0.39 is 11.6 Å². The van der Waals surface area contributed by atoms with Crippen molar-refractivity contribution < 1.29 is 8.78 Å². The fourth-order valence-electron chi connectivity index (χ4n) is 1.49. The lowest BCUT2D eigenvalue weighted by Gasteiger charge is -2.11. The standard InChI is InChI=1S/C10H10BrF2N5/c1-5(14-2)10-15-16-17-18(10)9-7(12)3-6(11)4-8(9)13/h3-5,14H,1-2H3. The lowest BCUT2D eigenvalue weighted by atomic mass is 10.2. The highest BCUT2D eigenvalue weighted by molar-refractivity contribution is 9.10. The Balaban J connectivity index is 2.59. The van der Waals surface area contributed by atoms with Gasteiger partial charge in [0.25, 0.3) is 0 Å². The maximum Gasteiger partial charge on any atom is 0.173 e. The van der Waals surface area contributed by atoms with E-state index in [0.29, 0.717) is 10.3 Å². The monoisotopic (exact) mass is 317 g/mol. The van der Waals surface area contributed by atoms with Crippen molar-refractivity contribution in [2.24, 2.45) is 0 Å². The summed E-state index contributed by atoms with van der Waals surface area (Å²) in [6.07, 6.45) is 0. The number of aromatic nitrogens is 4. The third-order valence-corrected chi connectivity index (χ3v) is 2.97. The predicted molar refractivity (Wildman–Crippen MR) is 64.2 cm³/mol. The molecule has 8 heteroatoms. The molecule has 5 nitrogen and oxygen atoms in total. The molecule has 0 aliphatic rings. The van der Waals surface area contributed by atoms with E-state index >= 15 is 0 Å². The van der Waals surface area contributed by atoms with Crippen molar-refractivity contribution in [1.82, 2.24) is 25.5 Å².